The molecule has 142 valence electrons. The molecule has 1 heterocycles. The molecule has 1 aliphatic rings. The van der Waals surface area contributed by atoms with Crippen molar-refractivity contribution in [2.24, 2.45) is 5.92 Å². The van der Waals surface area contributed by atoms with Crippen LogP contribution in [-0.4, -0.2) is 17.4 Å². The van der Waals surface area contributed by atoms with E-state index in [1.54, 1.807) is 6.07 Å². The summed E-state index contributed by atoms with van der Waals surface area (Å²) in [5.41, 5.74) is 2.90. The summed E-state index contributed by atoms with van der Waals surface area (Å²) >= 11 is 3.43. The maximum absolute atomic E-state index is 13.7. The summed E-state index contributed by atoms with van der Waals surface area (Å²) in [6, 6.07) is 11.9. The van der Waals surface area contributed by atoms with Crippen molar-refractivity contribution in [3.05, 3.63) is 75.2 Å². The lowest BCUT2D eigenvalue weighted by molar-refractivity contribution is -0.116. The fourth-order valence-corrected chi connectivity index (χ4v) is 3.85. The van der Waals surface area contributed by atoms with Crippen LogP contribution in [0.1, 0.15) is 37.4 Å². The fourth-order valence-electron chi connectivity index (χ4n) is 3.59. The average molecular weight is 432 g/mol. The molecule has 0 radical (unpaired) electrons. The highest BCUT2D eigenvalue weighted by atomic mass is 79.9. The molecule has 0 saturated carbocycles. The van der Waals surface area contributed by atoms with E-state index >= 15 is 0 Å². The first-order valence-corrected chi connectivity index (χ1v) is 9.80. The van der Waals surface area contributed by atoms with E-state index in [1.165, 1.54) is 12.1 Å². The lowest BCUT2D eigenvalue weighted by Crippen LogP contribution is -2.27. The zero-order valence-electron chi connectivity index (χ0n) is 15.7. The molecule has 0 fully saturated rings. The van der Waals surface area contributed by atoms with Gasteiger partial charge in [0.1, 0.15) is 11.6 Å². The third-order valence-electron chi connectivity index (χ3n) is 4.79. The van der Waals surface area contributed by atoms with Crippen molar-refractivity contribution < 1.29 is 14.3 Å². The van der Waals surface area contributed by atoms with Crippen molar-refractivity contribution in [2.75, 3.05) is 11.4 Å². The molecule has 3 rings (SSSR count). The SMILES string of the molecule is Cc1cc(F)ccc1C1C(C(=O)CC(C)C)=C(O)CN1c1ccc(Br)cc1. The van der Waals surface area contributed by atoms with Crippen molar-refractivity contribution in [2.45, 2.75) is 33.2 Å². The molecular weight excluding hydrogens is 409 g/mol. The molecule has 0 aromatic heterocycles. The second kappa shape index (κ2) is 7.85. The second-order valence-electron chi connectivity index (χ2n) is 7.39. The van der Waals surface area contributed by atoms with Gasteiger partial charge < -0.3 is 10.0 Å². The maximum atomic E-state index is 13.7. The van der Waals surface area contributed by atoms with Crippen molar-refractivity contribution in [3.8, 4) is 0 Å². The summed E-state index contributed by atoms with van der Waals surface area (Å²) < 4.78 is 14.6. The van der Waals surface area contributed by atoms with E-state index in [1.807, 2.05) is 49.9 Å². The van der Waals surface area contributed by atoms with Gasteiger partial charge in [-0.2, -0.15) is 0 Å². The number of anilines is 1. The number of rotatable bonds is 5. The van der Waals surface area contributed by atoms with Crippen molar-refractivity contribution in [1.29, 1.82) is 0 Å². The van der Waals surface area contributed by atoms with E-state index in [0.29, 0.717) is 12.0 Å². The smallest absolute Gasteiger partial charge is 0.164 e. The fraction of sp³-hybridized carbons (Fsp3) is 0.318. The number of aliphatic hydroxyl groups excluding tert-OH is 1. The van der Waals surface area contributed by atoms with Gasteiger partial charge in [0.2, 0.25) is 0 Å². The van der Waals surface area contributed by atoms with E-state index in [0.717, 1.165) is 21.3 Å². The molecule has 0 spiro atoms. The minimum Gasteiger partial charge on any atom is -0.510 e. The molecule has 1 N–H and O–H groups in total. The van der Waals surface area contributed by atoms with Gasteiger partial charge in [-0.3, -0.25) is 4.79 Å². The van der Waals surface area contributed by atoms with Crippen LogP contribution in [0, 0.1) is 18.7 Å². The Bertz CT molecular complexity index is 890. The molecule has 0 amide bonds. The number of halogens is 2. The number of aliphatic hydroxyl groups is 1. The zero-order valence-corrected chi connectivity index (χ0v) is 17.3. The summed E-state index contributed by atoms with van der Waals surface area (Å²) in [7, 11) is 0. The number of hydrogen-bond acceptors (Lipinski definition) is 3. The zero-order chi connectivity index (χ0) is 19.7. The van der Waals surface area contributed by atoms with Crippen molar-refractivity contribution >= 4 is 27.4 Å². The first kappa shape index (κ1) is 19.6. The number of benzene rings is 2. The maximum Gasteiger partial charge on any atom is 0.164 e. The van der Waals surface area contributed by atoms with Gasteiger partial charge in [-0.15, -0.1) is 0 Å². The van der Waals surface area contributed by atoms with Gasteiger partial charge in [0, 0.05) is 16.6 Å². The first-order valence-electron chi connectivity index (χ1n) is 9.01. The second-order valence-corrected chi connectivity index (χ2v) is 8.30. The van der Waals surface area contributed by atoms with E-state index in [2.05, 4.69) is 15.9 Å². The molecular formula is C22H23BrFNO2. The lowest BCUT2D eigenvalue weighted by atomic mass is 9.90. The van der Waals surface area contributed by atoms with Crippen LogP contribution in [0.3, 0.4) is 0 Å². The highest BCUT2D eigenvalue weighted by molar-refractivity contribution is 9.10. The Kier molecular flexibility index (Phi) is 5.70. The minimum atomic E-state index is -0.432. The molecule has 0 aliphatic carbocycles. The molecule has 1 aliphatic heterocycles. The van der Waals surface area contributed by atoms with Crippen LogP contribution in [0.4, 0.5) is 10.1 Å². The Morgan fingerprint density at radius 3 is 2.52 bits per heavy atom. The quantitative estimate of drug-likeness (QED) is 0.641. The van der Waals surface area contributed by atoms with Gasteiger partial charge in [-0.05, 0) is 60.4 Å². The Labute approximate surface area is 167 Å². The number of carbonyl (C=O) groups is 1. The molecule has 2 aromatic carbocycles. The van der Waals surface area contributed by atoms with Crippen LogP contribution >= 0.6 is 15.9 Å². The van der Waals surface area contributed by atoms with Crippen LogP contribution < -0.4 is 4.90 Å². The standard InChI is InChI=1S/C22H23BrFNO2/c1-13(2)10-19(26)21-20(27)12-25(17-7-4-15(23)5-8-17)22(21)18-9-6-16(24)11-14(18)3/h4-9,11,13,22,27H,10,12H2,1-3H3. The molecule has 1 unspecified atom stereocenters. The molecule has 27 heavy (non-hydrogen) atoms. The number of carbonyl (C=O) groups excluding carboxylic acids is 1. The van der Waals surface area contributed by atoms with Crippen LogP contribution in [0.25, 0.3) is 0 Å². The van der Waals surface area contributed by atoms with E-state index in [4.69, 9.17) is 0 Å². The summed E-state index contributed by atoms with van der Waals surface area (Å²) in [5, 5.41) is 10.7. The van der Waals surface area contributed by atoms with Crippen molar-refractivity contribution in [1.82, 2.24) is 0 Å². The molecule has 2 aromatic rings. The Morgan fingerprint density at radius 2 is 1.93 bits per heavy atom. The Morgan fingerprint density at radius 1 is 1.26 bits per heavy atom. The molecule has 0 bridgehead atoms. The van der Waals surface area contributed by atoms with Gasteiger partial charge in [-0.1, -0.05) is 35.8 Å². The third-order valence-corrected chi connectivity index (χ3v) is 5.32. The summed E-state index contributed by atoms with van der Waals surface area (Å²) in [6.07, 6.45) is 0.365. The van der Waals surface area contributed by atoms with E-state index in [9.17, 15) is 14.3 Å². The predicted octanol–water partition coefficient (Wildman–Crippen LogP) is 5.89. The third kappa shape index (κ3) is 4.08. The summed E-state index contributed by atoms with van der Waals surface area (Å²) in [6.45, 7) is 6.05. The number of hydrogen-bond donors (Lipinski definition) is 1. The number of ketones is 1. The lowest BCUT2D eigenvalue weighted by Gasteiger charge is -2.30. The minimum absolute atomic E-state index is 0.0594. The summed E-state index contributed by atoms with van der Waals surface area (Å²) in [4.78, 5) is 14.9. The Hall–Kier alpha value is -2.14. The van der Waals surface area contributed by atoms with E-state index < -0.39 is 6.04 Å². The van der Waals surface area contributed by atoms with Crippen LogP contribution in [0.2, 0.25) is 0 Å². The van der Waals surface area contributed by atoms with Crippen LogP contribution in [-0.2, 0) is 4.79 Å². The van der Waals surface area contributed by atoms with Gasteiger partial charge in [0.25, 0.3) is 0 Å². The summed E-state index contributed by atoms with van der Waals surface area (Å²) in [5.74, 6) is -0.0877. The highest BCUT2D eigenvalue weighted by Crippen LogP contribution is 2.42. The molecule has 0 saturated heterocycles. The first-order chi connectivity index (χ1) is 12.8. The number of Topliss-reactive ketones (excluding diaryl/α,β-unsaturated/α-hetero) is 1. The van der Waals surface area contributed by atoms with Crippen molar-refractivity contribution in [3.63, 3.8) is 0 Å². The molecule has 3 nitrogen and oxygen atoms in total. The van der Waals surface area contributed by atoms with E-state index in [-0.39, 0.29) is 29.8 Å². The number of aryl methyl sites for hydroxylation is 1. The number of nitrogens with zero attached hydrogens (tertiary/aromatic N) is 1. The van der Waals surface area contributed by atoms with Gasteiger partial charge in [0.15, 0.2) is 5.78 Å². The largest absolute Gasteiger partial charge is 0.510 e. The monoisotopic (exact) mass is 431 g/mol. The van der Waals surface area contributed by atoms with Crippen LogP contribution in [0.15, 0.2) is 58.3 Å². The topological polar surface area (TPSA) is 40.5 Å². The van der Waals surface area contributed by atoms with Gasteiger partial charge >= 0.3 is 0 Å². The molecule has 1 atom stereocenters. The Balaban J connectivity index is 2.10. The molecule has 5 heteroatoms. The normalized spacial score (nSPS) is 17.1. The van der Waals surface area contributed by atoms with Crippen LogP contribution in [0.5, 0.6) is 0 Å². The predicted molar refractivity (Wildman–Crippen MR) is 109 cm³/mol. The highest BCUT2D eigenvalue weighted by Gasteiger charge is 2.38. The van der Waals surface area contributed by atoms with Gasteiger partial charge in [0.05, 0.1) is 18.2 Å². The average Bonchev–Trinajstić information content (AvgIpc) is 2.92. The van der Waals surface area contributed by atoms with Gasteiger partial charge in [-0.25, -0.2) is 4.39 Å².